The van der Waals surface area contributed by atoms with E-state index in [-0.39, 0.29) is 17.2 Å². The maximum absolute atomic E-state index is 12.7. The maximum Gasteiger partial charge on any atom is 0.416 e. The molecule has 1 N–H and O–H groups in total. The van der Waals surface area contributed by atoms with Gasteiger partial charge in [0.05, 0.1) is 17.4 Å². The van der Waals surface area contributed by atoms with Gasteiger partial charge >= 0.3 is 6.18 Å². The molecule has 0 bridgehead atoms. The third-order valence-corrected chi connectivity index (χ3v) is 3.06. The van der Waals surface area contributed by atoms with Gasteiger partial charge in [0, 0.05) is 24.7 Å². The molecule has 0 spiro atoms. The molecule has 24 heavy (non-hydrogen) atoms. The Labute approximate surface area is 134 Å². The number of carbonyl (C=O) groups excluding carboxylic acids is 1. The van der Waals surface area contributed by atoms with Crippen molar-refractivity contribution in [1.82, 2.24) is 19.7 Å². The lowest BCUT2D eigenvalue weighted by molar-refractivity contribution is -0.137. The van der Waals surface area contributed by atoms with Crippen molar-refractivity contribution in [3.05, 3.63) is 66.4 Å². The molecule has 0 aliphatic heterocycles. The number of amides is 1. The standard InChI is InChI=1S/C15H10F3N5O/c16-15(17,18)10-2-1-3-11(8-10)23-7-4-13(22-23)21-14(24)12-9-19-5-6-20-12/h1-9H,(H,21,22,24). The summed E-state index contributed by atoms with van der Waals surface area (Å²) in [5.41, 5.74) is -0.448. The topological polar surface area (TPSA) is 72.7 Å². The van der Waals surface area contributed by atoms with Gasteiger partial charge in [0.15, 0.2) is 5.82 Å². The molecule has 0 saturated heterocycles. The van der Waals surface area contributed by atoms with Gasteiger partial charge in [0.2, 0.25) is 0 Å². The van der Waals surface area contributed by atoms with Crippen LogP contribution in [0.25, 0.3) is 5.69 Å². The fourth-order valence-electron chi connectivity index (χ4n) is 1.96. The zero-order valence-electron chi connectivity index (χ0n) is 12.0. The Balaban J connectivity index is 1.80. The van der Waals surface area contributed by atoms with Gasteiger partial charge in [-0.3, -0.25) is 9.78 Å². The predicted octanol–water partition coefficient (Wildman–Crippen LogP) is 2.93. The monoisotopic (exact) mass is 333 g/mol. The normalized spacial score (nSPS) is 11.3. The Hall–Kier alpha value is -3.23. The van der Waals surface area contributed by atoms with Gasteiger partial charge in [-0.05, 0) is 18.2 Å². The minimum Gasteiger partial charge on any atom is -0.304 e. The van der Waals surface area contributed by atoms with Crippen LogP contribution in [0.4, 0.5) is 19.0 Å². The summed E-state index contributed by atoms with van der Waals surface area (Å²) in [5.74, 6) is -0.333. The van der Waals surface area contributed by atoms with Crippen molar-refractivity contribution >= 4 is 11.7 Å². The highest BCUT2D eigenvalue weighted by Gasteiger charge is 2.30. The number of aromatic nitrogens is 4. The number of benzene rings is 1. The molecule has 0 unspecified atom stereocenters. The summed E-state index contributed by atoms with van der Waals surface area (Å²) >= 11 is 0. The molecule has 0 radical (unpaired) electrons. The smallest absolute Gasteiger partial charge is 0.304 e. The van der Waals surface area contributed by atoms with Gasteiger partial charge in [-0.15, -0.1) is 0 Å². The number of rotatable bonds is 3. The lowest BCUT2D eigenvalue weighted by atomic mass is 10.2. The summed E-state index contributed by atoms with van der Waals surface area (Å²) in [6.45, 7) is 0. The van der Waals surface area contributed by atoms with Crippen molar-refractivity contribution in [2.45, 2.75) is 6.18 Å². The molecule has 0 aliphatic rings. The van der Waals surface area contributed by atoms with Gasteiger partial charge < -0.3 is 5.32 Å². The first-order valence-corrected chi connectivity index (χ1v) is 6.74. The Kier molecular flexibility index (Phi) is 3.98. The van der Waals surface area contributed by atoms with Crippen molar-refractivity contribution in [3.8, 4) is 5.69 Å². The molecule has 0 fully saturated rings. The molecule has 9 heteroatoms. The van der Waals surface area contributed by atoms with E-state index in [1.165, 1.54) is 47.7 Å². The molecule has 0 saturated carbocycles. The minimum atomic E-state index is -4.44. The summed E-state index contributed by atoms with van der Waals surface area (Å²) in [6.07, 6.45) is 1.10. The number of anilines is 1. The van der Waals surface area contributed by atoms with E-state index in [1.54, 1.807) is 0 Å². The molecule has 2 aromatic heterocycles. The number of hydrogen-bond donors (Lipinski definition) is 1. The summed E-state index contributed by atoms with van der Waals surface area (Å²) < 4.78 is 39.5. The average Bonchev–Trinajstić information content (AvgIpc) is 3.03. The highest BCUT2D eigenvalue weighted by Crippen LogP contribution is 2.30. The van der Waals surface area contributed by atoms with Crippen LogP contribution < -0.4 is 5.32 Å². The number of nitrogens with one attached hydrogen (secondary N) is 1. The number of alkyl halides is 3. The SMILES string of the molecule is O=C(Nc1ccn(-c2cccc(C(F)(F)F)c2)n1)c1cnccn1. The number of halogens is 3. The van der Waals surface area contributed by atoms with Crippen molar-refractivity contribution in [3.63, 3.8) is 0 Å². The molecule has 1 amide bonds. The largest absolute Gasteiger partial charge is 0.416 e. The zero-order chi connectivity index (χ0) is 17.2. The molecule has 3 aromatic rings. The summed E-state index contributed by atoms with van der Waals surface area (Å²) in [4.78, 5) is 19.6. The van der Waals surface area contributed by atoms with Crippen LogP contribution in [0.2, 0.25) is 0 Å². The Morgan fingerprint density at radius 1 is 1.17 bits per heavy atom. The van der Waals surface area contributed by atoms with E-state index in [0.717, 1.165) is 12.1 Å². The lowest BCUT2D eigenvalue weighted by Crippen LogP contribution is -2.14. The van der Waals surface area contributed by atoms with Crippen molar-refractivity contribution in [2.24, 2.45) is 0 Å². The number of hydrogen-bond acceptors (Lipinski definition) is 4. The van der Waals surface area contributed by atoms with Gasteiger partial charge in [-0.25, -0.2) is 9.67 Å². The van der Waals surface area contributed by atoms with Crippen LogP contribution in [0.1, 0.15) is 16.1 Å². The van der Waals surface area contributed by atoms with Crippen LogP contribution >= 0.6 is 0 Å². The fraction of sp³-hybridized carbons (Fsp3) is 0.0667. The van der Waals surface area contributed by atoms with E-state index in [9.17, 15) is 18.0 Å². The van der Waals surface area contributed by atoms with Gasteiger partial charge in [0.1, 0.15) is 5.69 Å². The van der Waals surface area contributed by atoms with E-state index < -0.39 is 17.6 Å². The second kappa shape index (κ2) is 6.11. The number of nitrogens with zero attached hydrogens (tertiary/aromatic N) is 4. The van der Waals surface area contributed by atoms with Gasteiger partial charge in [-0.1, -0.05) is 6.07 Å². The first kappa shape index (κ1) is 15.7. The first-order valence-electron chi connectivity index (χ1n) is 6.74. The minimum absolute atomic E-state index is 0.103. The van der Waals surface area contributed by atoms with E-state index in [4.69, 9.17) is 0 Å². The zero-order valence-corrected chi connectivity index (χ0v) is 12.0. The molecular formula is C15H10F3N5O. The van der Waals surface area contributed by atoms with Crippen molar-refractivity contribution < 1.29 is 18.0 Å². The number of carbonyl (C=O) groups is 1. The van der Waals surface area contributed by atoms with Crippen LogP contribution in [0.15, 0.2) is 55.1 Å². The second-order valence-corrected chi connectivity index (χ2v) is 4.74. The highest BCUT2D eigenvalue weighted by molar-refractivity contribution is 6.02. The van der Waals surface area contributed by atoms with Crippen LogP contribution in [-0.4, -0.2) is 25.7 Å². The Morgan fingerprint density at radius 2 is 2.00 bits per heavy atom. The molecule has 0 atom stereocenters. The molecule has 1 aromatic carbocycles. The quantitative estimate of drug-likeness (QED) is 0.800. The van der Waals surface area contributed by atoms with Crippen LogP contribution in [0.3, 0.4) is 0 Å². The van der Waals surface area contributed by atoms with Crippen LogP contribution in [0.5, 0.6) is 0 Å². The molecule has 3 rings (SSSR count). The summed E-state index contributed by atoms with van der Waals surface area (Å²) in [5, 5.41) is 6.54. The van der Waals surface area contributed by atoms with Gasteiger partial charge in [0.25, 0.3) is 5.91 Å². The second-order valence-electron chi connectivity index (χ2n) is 4.74. The van der Waals surface area contributed by atoms with E-state index in [2.05, 4.69) is 20.4 Å². The van der Waals surface area contributed by atoms with E-state index in [0.29, 0.717) is 0 Å². The molecule has 122 valence electrons. The highest BCUT2D eigenvalue weighted by atomic mass is 19.4. The van der Waals surface area contributed by atoms with E-state index in [1.807, 2.05) is 0 Å². The fourth-order valence-corrected chi connectivity index (χ4v) is 1.96. The van der Waals surface area contributed by atoms with Gasteiger partial charge in [-0.2, -0.15) is 18.3 Å². The predicted molar refractivity (Wildman–Crippen MR) is 78.6 cm³/mol. The first-order chi connectivity index (χ1) is 11.4. The lowest BCUT2D eigenvalue weighted by Gasteiger charge is -2.08. The Bertz CT molecular complexity index is 861. The Morgan fingerprint density at radius 3 is 2.71 bits per heavy atom. The van der Waals surface area contributed by atoms with E-state index >= 15 is 0 Å². The van der Waals surface area contributed by atoms with Crippen LogP contribution in [-0.2, 0) is 6.18 Å². The molecular weight excluding hydrogens is 323 g/mol. The molecule has 6 nitrogen and oxygen atoms in total. The summed E-state index contributed by atoms with van der Waals surface area (Å²) in [7, 11) is 0. The third-order valence-electron chi connectivity index (χ3n) is 3.06. The molecule has 2 heterocycles. The maximum atomic E-state index is 12.7. The summed E-state index contributed by atoms with van der Waals surface area (Å²) in [6, 6.07) is 6.19. The average molecular weight is 333 g/mol. The third kappa shape index (κ3) is 3.40. The van der Waals surface area contributed by atoms with Crippen molar-refractivity contribution in [2.75, 3.05) is 5.32 Å². The molecule has 0 aliphatic carbocycles. The van der Waals surface area contributed by atoms with Crippen molar-refractivity contribution in [1.29, 1.82) is 0 Å². The van der Waals surface area contributed by atoms with Crippen LogP contribution in [0, 0.1) is 0 Å².